The van der Waals surface area contributed by atoms with Crippen molar-refractivity contribution in [3.05, 3.63) is 60.3 Å². The molecule has 0 amide bonds. The number of aryl methyl sites for hydroxylation is 1. The van der Waals surface area contributed by atoms with E-state index in [1.807, 2.05) is 12.3 Å². The Bertz CT molecular complexity index is 1250. The molecule has 3 aromatic heterocycles. The van der Waals surface area contributed by atoms with Crippen LogP contribution in [0.3, 0.4) is 0 Å². The zero-order valence-corrected chi connectivity index (χ0v) is 17.5. The Labute approximate surface area is 180 Å². The van der Waals surface area contributed by atoms with E-state index in [1.165, 1.54) is 12.1 Å². The largest absolute Gasteiger partial charge is 0.484 e. The lowest BCUT2D eigenvalue weighted by molar-refractivity contribution is -0.153. The summed E-state index contributed by atoms with van der Waals surface area (Å²) in [7, 11) is 3.53. The quantitative estimate of drug-likeness (QED) is 0.409. The zero-order chi connectivity index (χ0) is 23.0. The van der Waals surface area contributed by atoms with Gasteiger partial charge in [0.25, 0.3) is 0 Å². The van der Waals surface area contributed by atoms with Crippen molar-refractivity contribution in [1.82, 2.24) is 24.4 Å². The summed E-state index contributed by atoms with van der Waals surface area (Å²) in [6, 6.07) is 6.46. The van der Waals surface area contributed by atoms with Gasteiger partial charge in [0.15, 0.2) is 12.3 Å². The van der Waals surface area contributed by atoms with E-state index in [1.54, 1.807) is 53.6 Å². The first-order valence-corrected chi connectivity index (χ1v) is 9.68. The maximum absolute atomic E-state index is 13.9. The third-order valence-corrected chi connectivity index (χ3v) is 5.10. The minimum Gasteiger partial charge on any atom is -0.484 e. The number of anilines is 1. The number of hydrogen-bond acceptors (Lipinski definition) is 5. The van der Waals surface area contributed by atoms with Crippen LogP contribution in [0.25, 0.3) is 16.9 Å². The maximum atomic E-state index is 13.9. The van der Waals surface area contributed by atoms with Crippen molar-refractivity contribution in [1.29, 1.82) is 0 Å². The minimum absolute atomic E-state index is 0.0392. The Morgan fingerprint density at radius 3 is 2.62 bits per heavy atom. The van der Waals surface area contributed by atoms with Crippen molar-refractivity contribution in [3.8, 4) is 17.0 Å². The van der Waals surface area contributed by atoms with Crippen LogP contribution in [0.15, 0.2) is 48.9 Å². The Morgan fingerprint density at radius 2 is 1.94 bits per heavy atom. The molecule has 3 heterocycles. The number of fused-ring (bicyclic) bond motifs is 1. The van der Waals surface area contributed by atoms with Crippen molar-refractivity contribution in [2.75, 3.05) is 18.6 Å². The maximum Gasteiger partial charge on any atom is 0.422 e. The molecule has 0 radical (unpaired) electrons. The van der Waals surface area contributed by atoms with Gasteiger partial charge in [-0.25, -0.2) is 13.9 Å². The Balaban J connectivity index is 1.67. The summed E-state index contributed by atoms with van der Waals surface area (Å²) in [4.78, 5) is 6.39. The Hall–Kier alpha value is -3.63. The van der Waals surface area contributed by atoms with Crippen LogP contribution in [0, 0.1) is 5.82 Å². The van der Waals surface area contributed by atoms with Crippen LogP contribution in [0.4, 0.5) is 23.4 Å². The van der Waals surface area contributed by atoms with Crippen molar-refractivity contribution < 1.29 is 22.3 Å². The van der Waals surface area contributed by atoms with E-state index in [2.05, 4.69) is 15.2 Å². The van der Waals surface area contributed by atoms with Crippen molar-refractivity contribution in [3.63, 3.8) is 0 Å². The Morgan fingerprint density at radius 1 is 1.16 bits per heavy atom. The monoisotopic (exact) mass is 448 g/mol. The summed E-state index contributed by atoms with van der Waals surface area (Å²) in [5.41, 5.74) is 2.27. The molecule has 0 fully saturated rings. The van der Waals surface area contributed by atoms with E-state index in [-0.39, 0.29) is 11.3 Å². The van der Waals surface area contributed by atoms with E-state index in [0.29, 0.717) is 17.2 Å². The topological polar surface area (TPSA) is 60.5 Å². The van der Waals surface area contributed by atoms with Crippen LogP contribution >= 0.6 is 0 Å². The molecule has 32 heavy (non-hydrogen) atoms. The number of aromatic nitrogens is 5. The predicted molar refractivity (Wildman–Crippen MR) is 110 cm³/mol. The fraction of sp³-hybridized carbons (Fsp3) is 0.286. The second kappa shape index (κ2) is 8.13. The molecule has 1 aromatic carbocycles. The minimum atomic E-state index is -4.50. The van der Waals surface area contributed by atoms with Crippen molar-refractivity contribution >= 4 is 11.5 Å². The lowest BCUT2D eigenvalue weighted by Crippen LogP contribution is -2.25. The molecule has 0 saturated heterocycles. The van der Waals surface area contributed by atoms with Gasteiger partial charge in [-0.1, -0.05) is 0 Å². The van der Waals surface area contributed by atoms with Crippen molar-refractivity contribution in [2.24, 2.45) is 7.05 Å². The van der Waals surface area contributed by atoms with Gasteiger partial charge in [0, 0.05) is 32.1 Å². The predicted octanol–water partition coefficient (Wildman–Crippen LogP) is 4.41. The first kappa shape index (κ1) is 21.6. The third kappa shape index (κ3) is 4.36. The van der Waals surface area contributed by atoms with Crippen LogP contribution in [-0.2, 0) is 7.05 Å². The molecule has 0 aliphatic heterocycles. The van der Waals surface area contributed by atoms with E-state index in [9.17, 15) is 17.6 Å². The molecule has 0 bridgehead atoms. The molecule has 1 unspecified atom stereocenters. The Kier molecular flexibility index (Phi) is 5.49. The summed E-state index contributed by atoms with van der Waals surface area (Å²) in [6.45, 7) is 0.271. The molecule has 4 aromatic rings. The lowest BCUT2D eigenvalue weighted by atomic mass is 10.1. The standard InChI is InChI=1S/C21H20F4N6O/c1-13(15-10-14(22)4-5-18(15)32-12-21(23,24)25)30(3)19-7-9-31-20(27-19)16(11-26-31)17-6-8-29(2)28-17/h4-11,13H,12H2,1-3H3. The van der Waals surface area contributed by atoms with E-state index < -0.39 is 24.6 Å². The van der Waals surface area contributed by atoms with Crippen LogP contribution in [0.5, 0.6) is 5.75 Å². The van der Waals surface area contributed by atoms with Gasteiger partial charge in [-0.2, -0.15) is 23.4 Å². The number of hydrogen-bond donors (Lipinski definition) is 0. The molecule has 0 spiro atoms. The molecule has 4 rings (SSSR count). The smallest absolute Gasteiger partial charge is 0.422 e. The number of ether oxygens (including phenoxy) is 1. The molecule has 0 aliphatic rings. The molecule has 168 valence electrons. The normalized spacial score (nSPS) is 12.8. The van der Waals surface area contributed by atoms with Gasteiger partial charge in [0.05, 0.1) is 23.5 Å². The highest BCUT2D eigenvalue weighted by molar-refractivity contribution is 5.75. The number of benzene rings is 1. The van der Waals surface area contributed by atoms with E-state index >= 15 is 0 Å². The second-order valence-corrected chi connectivity index (χ2v) is 7.36. The molecule has 1 atom stereocenters. The van der Waals surface area contributed by atoms with E-state index in [0.717, 1.165) is 11.6 Å². The molecule has 0 aliphatic carbocycles. The molecule has 0 saturated carbocycles. The van der Waals surface area contributed by atoms with Gasteiger partial charge in [0.2, 0.25) is 0 Å². The SMILES string of the molecule is CC(c1cc(F)ccc1OCC(F)(F)F)N(C)c1ccn2ncc(-c3ccn(C)n3)c2n1. The van der Waals surface area contributed by atoms with Gasteiger partial charge >= 0.3 is 6.18 Å². The fourth-order valence-corrected chi connectivity index (χ4v) is 3.34. The van der Waals surface area contributed by atoms with Gasteiger partial charge in [0.1, 0.15) is 17.4 Å². The molecule has 0 N–H and O–H groups in total. The van der Waals surface area contributed by atoms with Crippen LogP contribution in [0.2, 0.25) is 0 Å². The second-order valence-electron chi connectivity index (χ2n) is 7.36. The number of nitrogens with zero attached hydrogens (tertiary/aromatic N) is 6. The average Bonchev–Trinajstić information content (AvgIpc) is 3.36. The number of alkyl halides is 3. The third-order valence-electron chi connectivity index (χ3n) is 5.10. The summed E-state index contributed by atoms with van der Waals surface area (Å²) >= 11 is 0. The summed E-state index contributed by atoms with van der Waals surface area (Å²) in [6.07, 6.45) is 0.689. The molecular weight excluding hydrogens is 428 g/mol. The van der Waals surface area contributed by atoms with E-state index in [4.69, 9.17) is 4.74 Å². The zero-order valence-electron chi connectivity index (χ0n) is 17.5. The highest BCUT2D eigenvalue weighted by atomic mass is 19.4. The molecule has 11 heteroatoms. The van der Waals surface area contributed by atoms with Gasteiger partial charge in [-0.05, 0) is 37.3 Å². The highest BCUT2D eigenvalue weighted by Gasteiger charge is 2.29. The highest BCUT2D eigenvalue weighted by Crippen LogP contribution is 2.33. The van der Waals surface area contributed by atoms with Gasteiger partial charge in [-0.3, -0.25) is 4.68 Å². The van der Waals surface area contributed by atoms with Gasteiger partial charge in [-0.15, -0.1) is 0 Å². The lowest BCUT2D eigenvalue weighted by Gasteiger charge is -2.28. The fourth-order valence-electron chi connectivity index (χ4n) is 3.34. The van der Waals surface area contributed by atoms with Crippen molar-refractivity contribution in [2.45, 2.75) is 19.1 Å². The van der Waals surface area contributed by atoms with Crippen LogP contribution in [-0.4, -0.2) is 44.2 Å². The summed E-state index contributed by atoms with van der Waals surface area (Å²) in [5.74, 6) is -0.0901. The molecular formula is C21H20F4N6O. The first-order chi connectivity index (χ1) is 15.1. The van der Waals surface area contributed by atoms with Crippen LogP contribution in [0.1, 0.15) is 18.5 Å². The first-order valence-electron chi connectivity index (χ1n) is 9.68. The summed E-state index contributed by atoms with van der Waals surface area (Å²) in [5, 5.41) is 8.67. The average molecular weight is 448 g/mol. The van der Waals surface area contributed by atoms with Crippen LogP contribution < -0.4 is 9.64 Å². The summed E-state index contributed by atoms with van der Waals surface area (Å²) < 4.78 is 60.1. The number of rotatable bonds is 6. The molecule has 7 nitrogen and oxygen atoms in total. The van der Waals surface area contributed by atoms with Gasteiger partial charge < -0.3 is 9.64 Å². The number of halogens is 4.